The van der Waals surface area contributed by atoms with Gasteiger partial charge in [0.2, 0.25) is 0 Å². The molecule has 0 saturated heterocycles. The Morgan fingerprint density at radius 3 is 2.58 bits per heavy atom. The van der Waals surface area contributed by atoms with E-state index in [1.807, 2.05) is 54.7 Å². The summed E-state index contributed by atoms with van der Waals surface area (Å²) in [5.41, 5.74) is 5.23. The van der Waals surface area contributed by atoms with E-state index in [2.05, 4.69) is 44.2 Å². The van der Waals surface area contributed by atoms with E-state index in [0.29, 0.717) is 5.75 Å². The van der Waals surface area contributed by atoms with E-state index in [4.69, 9.17) is 9.72 Å². The van der Waals surface area contributed by atoms with Gasteiger partial charge in [-0.3, -0.25) is 9.55 Å². The SMILES string of the molecule is COc1ccc(-c2nc(CSc3nnc(-c4cccnc4)n3-c3ccccc3C)cs2)cc1. The van der Waals surface area contributed by atoms with Gasteiger partial charge in [-0.2, -0.15) is 0 Å². The number of benzene rings is 2. The maximum absolute atomic E-state index is 5.25. The first-order valence-corrected chi connectivity index (χ1v) is 12.2. The molecule has 33 heavy (non-hydrogen) atoms. The van der Waals surface area contributed by atoms with Crippen LogP contribution in [0.4, 0.5) is 0 Å². The van der Waals surface area contributed by atoms with Gasteiger partial charge in [0.15, 0.2) is 11.0 Å². The quantitative estimate of drug-likeness (QED) is 0.269. The normalized spacial score (nSPS) is 11.0. The Kier molecular flexibility index (Phi) is 6.19. The lowest BCUT2D eigenvalue weighted by Crippen LogP contribution is -2.02. The first kappa shape index (κ1) is 21.4. The fourth-order valence-corrected chi connectivity index (χ4v) is 5.22. The highest BCUT2D eigenvalue weighted by atomic mass is 32.2. The highest BCUT2D eigenvalue weighted by Gasteiger charge is 2.18. The Morgan fingerprint density at radius 1 is 0.970 bits per heavy atom. The molecule has 6 nitrogen and oxygen atoms in total. The lowest BCUT2D eigenvalue weighted by molar-refractivity contribution is 0.415. The van der Waals surface area contributed by atoms with Gasteiger partial charge in [0.1, 0.15) is 10.8 Å². The minimum atomic E-state index is 0.698. The van der Waals surface area contributed by atoms with Crippen LogP contribution in [0, 0.1) is 6.92 Å². The largest absolute Gasteiger partial charge is 0.497 e. The highest BCUT2D eigenvalue weighted by Crippen LogP contribution is 2.32. The van der Waals surface area contributed by atoms with Gasteiger partial charge in [-0.1, -0.05) is 30.0 Å². The third-order valence-corrected chi connectivity index (χ3v) is 7.05. The van der Waals surface area contributed by atoms with Crippen LogP contribution in [-0.2, 0) is 5.75 Å². The number of hydrogen-bond acceptors (Lipinski definition) is 7. The molecule has 0 radical (unpaired) electrons. The molecule has 0 aliphatic heterocycles. The average molecular weight is 472 g/mol. The Hall–Kier alpha value is -3.49. The van der Waals surface area contributed by atoms with E-state index < -0.39 is 0 Å². The molecule has 0 amide bonds. The second kappa shape index (κ2) is 9.56. The van der Waals surface area contributed by atoms with Crippen molar-refractivity contribution in [2.75, 3.05) is 7.11 Å². The number of thiazole rings is 1. The fourth-order valence-electron chi connectivity index (χ4n) is 3.45. The van der Waals surface area contributed by atoms with Crippen molar-refractivity contribution in [3.63, 3.8) is 0 Å². The molecular weight excluding hydrogens is 450 g/mol. The molecule has 2 aromatic carbocycles. The van der Waals surface area contributed by atoms with Gasteiger partial charge < -0.3 is 4.74 Å². The van der Waals surface area contributed by atoms with Crippen molar-refractivity contribution >= 4 is 23.1 Å². The van der Waals surface area contributed by atoms with Crippen molar-refractivity contribution in [1.29, 1.82) is 0 Å². The molecule has 8 heteroatoms. The van der Waals surface area contributed by atoms with Crippen LogP contribution >= 0.6 is 23.1 Å². The van der Waals surface area contributed by atoms with E-state index in [1.54, 1.807) is 36.4 Å². The predicted molar refractivity (Wildman–Crippen MR) is 133 cm³/mol. The molecule has 0 unspecified atom stereocenters. The molecule has 5 rings (SSSR count). The van der Waals surface area contributed by atoms with Gasteiger partial charge >= 0.3 is 0 Å². The zero-order valence-electron chi connectivity index (χ0n) is 18.2. The van der Waals surface area contributed by atoms with Crippen LogP contribution in [0.5, 0.6) is 5.75 Å². The third kappa shape index (κ3) is 4.53. The molecule has 3 heterocycles. The number of aryl methyl sites for hydroxylation is 1. The number of thioether (sulfide) groups is 1. The van der Waals surface area contributed by atoms with Gasteiger partial charge in [0.05, 0.1) is 18.5 Å². The minimum absolute atomic E-state index is 0.698. The van der Waals surface area contributed by atoms with Crippen molar-refractivity contribution in [3.8, 4) is 33.4 Å². The summed E-state index contributed by atoms with van der Waals surface area (Å²) in [6.45, 7) is 2.10. The molecule has 0 aliphatic rings. The number of aromatic nitrogens is 5. The summed E-state index contributed by atoms with van der Waals surface area (Å²) in [5.74, 6) is 2.31. The van der Waals surface area contributed by atoms with Crippen LogP contribution < -0.4 is 4.74 Å². The molecule has 3 aromatic heterocycles. The number of hydrogen-bond donors (Lipinski definition) is 0. The van der Waals surface area contributed by atoms with Crippen LogP contribution in [-0.4, -0.2) is 31.8 Å². The zero-order valence-corrected chi connectivity index (χ0v) is 19.8. The Balaban J connectivity index is 1.43. The van der Waals surface area contributed by atoms with Gasteiger partial charge in [0, 0.05) is 34.7 Å². The number of pyridine rings is 1. The van der Waals surface area contributed by atoms with Gasteiger partial charge in [-0.15, -0.1) is 21.5 Å². The standard InChI is InChI=1S/C25H21N5OS2/c1-17-6-3-4-8-22(17)30-23(19-7-5-13-26-14-19)28-29-25(30)33-16-20-15-32-24(27-20)18-9-11-21(31-2)12-10-18/h3-15H,16H2,1-2H3. The van der Waals surface area contributed by atoms with Crippen molar-refractivity contribution in [1.82, 2.24) is 24.7 Å². The van der Waals surface area contributed by atoms with Crippen molar-refractivity contribution in [3.05, 3.63) is 89.7 Å². The topological polar surface area (TPSA) is 65.7 Å². The fraction of sp³-hybridized carbons (Fsp3) is 0.120. The maximum atomic E-state index is 5.25. The summed E-state index contributed by atoms with van der Waals surface area (Å²) in [7, 11) is 1.67. The van der Waals surface area contributed by atoms with Crippen LogP contribution in [0.15, 0.2) is 83.6 Å². The van der Waals surface area contributed by atoms with Gasteiger partial charge in [-0.25, -0.2) is 4.98 Å². The van der Waals surface area contributed by atoms with Gasteiger partial charge in [-0.05, 0) is 55.0 Å². The van der Waals surface area contributed by atoms with E-state index in [9.17, 15) is 0 Å². The second-order valence-corrected chi connectivity index (χ2v) is 9.13. The molecule has 0 atom stereocenters. The Labute approximate surface area is 200 Å². The smallest absolute Gasteiger partial charge is 0.196 e. The van der Waals surface area contributed by atoms with Crippen LogP contribution in [0.3, 0.4) is 0 Å². The molecule has 164 valence electrons. The molecule has 0 N–H and O–H groups in total. The molecule has 0 aliphatic carbocycles. The lowest BCUT2D eigenvalue weighted by Gasteiger charge is -2.12. The summed E-state index contributed by atoms with van der Waals surface area (Å²) in [4.78, 5) is 9.08. The second-order valence-electron chi connectivity index (χ2n) is 7.33. The predicted octanol–water partition coefficient (Wildman–Crippen LogP) is 6.06. The highest BCUT2D eigenvalue weighted by molar-refractivity contribution is 7.98. The van der Waals surface area contributed by atoms with E-state index >= 15 is 0 Å². The minimum Gasteiger partial charge on any atom is -0.497 e. The molecule has 0 saturated carbocycles. The lowest BCUT2D eigenvalue weighted by atomic mass is 10.2. The number of methoxy groups -OCH3 is 1. The summed E-state index contributed by atoms with van der Waals surface area (Å²) >= 11 is 3.27. The molecule has 0 bridgehead atoms. The van der Waals surface area contributed by atoms with Crippen molar-refractivity contribution < 1.29 is 4.74 Å². The molecule has 0 spiro atoms. The van der Waals surface area contributed by atoms with E-state index in [-0.39, 0.29) is 0 Å². The Bertz CT molecular complexity index is 1360. The summed E-state index contributed by atoms with van der Waals surface area (Å²) in [6, 6.07) is 20.1. The number of nitrogens with zero attached hydrogens (tertiary/aromatic N) is 5. The summed E-state index contributed by atoms with van der Waals surface area (Å²) in [6.07, 6.45) is 3.57. The summed E-state index contributed by atoms with van der Waals surface area (Å²) in [5, 5.41) is 12.9. The van der Waals surface area contributed by atoms with E-state index in [0.717, 1.165) is 49.8 Å². The molecule has 0 fully saturated rings. The molecule has 5 aromatic rings. The number of ether oxygens (including phenoxy) is 1. The first-order chi connectivity index (χ1) is 16.2. The van der Waals surface area contributed by atoms with Crippen molar-refractivity contribution in [2.45, 2.75) is 17.8 Å². The molecular formula is C25H21N5OS2. The van der Waals surface area contributed by atoms with Crippen LogP contribution in [0.25, 0.3) is 27.6 Å². The number of para-hydroxylation sites is 1. The van der Waals surface area contributed by atoms with Crippen molar-refractivity contribution in [2.24, 2.45) is 0 Å². The zero-order chi connectivity index (χ0) is 22.6. The number of rotatable bonds is 7. The third-order valence-electron chi connectivity index (χ3n) is 5.15. The maximum Gasteiger partial charge on any atom is 0.196 e. The monoisotopic (exact) mass is 471 g/mol. The average Bonchev–Trinajstić information content (AvgIpc) is 3.51. The first-order valence-electron chi connectivity index (χ1n) is 10.4. The van der Waals surface area contributed by atoms with E-state index in [1.165, 1.54) is 0 Å². The summed E-state index contributed by atoms with van der Waals surface area (Å²) < 4.78 is 7.35. The van der Waals surface area contributed by atoms with Crippen LogP contribution in [0.1, 0.15) is 11.3 Å². The van der Waals surface area contributed by atoms with Gasteiger partial charge in [0.25, 0.3) is 0 Å². The van der Waals surface area contributed by atoms with Crippen LogP contribution in [0.2, 0.25) is 0 Å². The Morgan fingerprint density at radius 2 is 1.82 bits per heavy atom.